The van der Waals surface area contributed by atoms with Crippen molar-refractivity contribution in [2.75, 3.05) is 30.3 Å². The lowest BCUT2D eigenvalue weighted by Crippen LogP contribution is -2.50. The Morgan fingerprint density at radius 2 is 2.10 bits per heavy atom. The first-order chi connectivity index (χ1) is 9.69. The summed E-state index contributed by atoms with van der Waals surface area (Å²) >= 11 is 0. The van der Waals surface area contributed by atoms with E-state index in [2.05, 4.69) is 5.10 Å². The molecule has 120 valence electrons. The standard InChI is InChI=1S/C13H24N4O3S/c1-9-8-21(19,20)5-4-16(9)6-12(18)7-17-11(3)13(14)10(2)15-17/h9,12,18H,4-8,14H2,1-3H3. The molecule has 0 bridgehead atoms. The lowest BCUT2D eigenvalue weighted by atomic mass is 10.2. The molecule has 2 heterocycles. The van der Waals surface area contributed by atoms with Gasteiger partial charge in [0.2, 0.25) is 0 Å². The number of β-amino-alcohol motifs (C(OH)–C–C–N with tert-alkyl or cyclic N) is 1. The molecule has 8 heteroatoms. The van der Waals surface area contributed by atoms with Crippen LogP contribution in [0, 0.1) is 13.8 Å². The number of aliphatic hydroxyl groups is 1. The van der Waals surface area contributed by atoms with Crippen LogP contribution in [0.25, 0.3) is 0 Å². The Labute approximate surface area is 125 Å². The molecule has 7 nitrogen and oxygen atoms in total. The summed E-state index contributed by atoms with van der Waals surface area (Å²) in [6.07, 6.45) is -0.606. The first kappa shape index (κ1) is 16.3. The molecule has 0 aliphatic carbocycles. The summed E-state index contributed by atoms with van der Waals surface area (Å²) in [5.41, 5.74) is 8.13. The first-order valence-corrected chi connectivity index (χ1v) is 8.94. The maximum absolute atomic E-state index is 11.6. The van der Waals surface area contributed by atoms with Crippen molar-refractivity contribution in [1.82, 2.24) is 14.7 Å². The Hall–Kier alpha value is -1.12. The Bertz CT molecular complexity index is 611. The molecule has 1 aromatic rings. The fourth-order valence-corrected chi connectivity index (χ4v) is 4.35. The van der Waals surface area contributed by atoms with Gasteiger partial charge in [-0.15, -0.1) is 0 Å². The SMILES string of the molecule is Cc1nn(CC(O)CN2CCS(=O)(=O)CC2C)c(C)c1N. The topological polar surface area (TPSA) is 101 Å². The predicted octanol–water partition coefficient (Wildman–Crippen LogP) is -0.438. The van der Waals surface area contributed by atoms with Crippen LogP contribution in [0.15, 0.2) is 0 Å². The zero-order chi connectivity index (χ0) is 15.8. The largest absolute Gasteiger partial charge is 0.396 e. The average molecular weight is 316 g/mol. The van der Waals surface area contributed by atoms with E-state index in [1.165, 1.54) is 0 Å². The van der Waals surface area contributed by atoms with Gasteiger partial charge in [-0.1, -0.05) is 0 Å². The molecule has 1 fully saturated rings. The molecule has 1 aliphatic rings. The first-order valence-electron chi connectivity index (χ1n) is 7.11. The highest BCUT2D eigenvalue weighted by Gasteiger charge is 2.29. The Balaban J connectivity index is 1.96. The third kappa shape index (κ3) is 3.75. The molecular formula is C13H24N4O3S. The van der Waals surface area contributed by atoms with Crippen LogP contribution in [0.3, 0.4) is 0 Å². The Morgan fingerprint density at radius 3 is 2.62 bits per heavy atom. The second-order valence-corrected chi connectivity index (χ2v) is 8.11. The van der Waals surface area contributed by atoms with Crippen molar-refractivity contribution in [2.24, 2.45) is 0 Å². The van der Waals surface area contributed by atoms with Crippen molar-refractivity contribution < 1.29 is 13.5 Å². The van der Waals surface area contributed by atoms with Crippen LogP contribution in [0.2, 0.25) is 0 Å². The van der Waals surface area contributed by atoms with E-state index in [1.54, 1.807) is 4.68 Å². The van der Waals surface area contributed by atoms with Crippen LogP contribution in [0.1, 0.15) is 18.3 Å². The van der Waals surface area contributed by atoms with Gasteiger partial charge in [0.1, 0.15) is 0 Å². The maximum Gasteiger partial charge on any atom is 0.153 e. The van der Waals surface area contributed by atoms with Gasteiger partial charge in [-0.25, -0.2) is 8.42 Å². The van der Waals surface area contributed by atoms with Crippen molar-refractivity contribution in [2.45, 2.75) is 39.5 Å². The van der Waals surface area contributed by atoms with Crippen molar-refractivity contribution >= 4 is 15.5 Å². The predicted molar refractivity (Wildman–Crippen MR) is 81.8 cm³/mol. The van der Waals surface area contributed by atoms with Crippen LogP contribution < -0.4 is 5.73 Å². The summed E-state index contributed by atoms with van der Waals surface area (Å²) in [7, 11) is -2.93. The van der Waals surface area contributed by atoms with E-state index in [0.717, 1.165) is 11.4 Å². The zero-order valence-electron chi connectivity index (χ0n) is 12.8. The third-order valence-electron chi connectivity index (χ3n) is 4.07. The van der Waals surface area contributed by atoms with Gasteiger partial charge in [0.05, 0.1) is 41.2 Å². The van der Waals surface area contributed by atoms with Crippen LogP contribution in [0.4, 0.5) is 5.69 Å². The van der Waals surface area contributed by atoms with Crippen molar-refractivity contribution in [3.63, 3.8) is 0 Å². The molecule has 1 aromatic heterocycles. The average Bonchev–Trinajstić information content (AvgIpc) is 2.60. The summed E-state index contributed by atoms with van der Waals surface area (Å²) in [6, 6.07) is -0.0658. The number of aryl methyl sites for hydroxylation is 1. The number of aliphatic hydroxyl groups excluding tert-OH is 1. The van der Waals surface area contributed by atoms with Gasteiger partial charge < -0.3 is 10.8 Å². The monoisotopic (exact) mass is 316 g/mol. The number of hydrogen-bond donors (Lipinski definition) is 2. The number of rotatable bonds is 4. The van der Waals surface area contributed by atoms with Gasteiger partial charge in [-0.3, -0.25) is 9.58 Å². The van der Waals surface area contributed by atoms with E-state index < -0.39 is 15.9 Å². The molecule has 0 amide bonds. The minimum Gasteiger partial charge on any atom is -0.396 e. The van der Waals surface area contributed by atoms with Gasteiger partial charge in [-0.05, 0) is 20.8 Å². The molecule has 2 unspecified atom stereocenters. The zero-order valence-corrected chi connectivity index (χ0v) is 13.6. The molecule has 0 saturated carbocycles. The number of aromatic nitrogens is 2. The fourth-order valence-electron chi connectivity index (χ4n) is 2.72. The van der Waals surface area contributed by atoms with E-state index in [9.17, 15) is 13.5 Å². The number of sulfone groups is 1. The molecular weight excluding hydrogens is 292 g/mol. The molecule has 1 saturated heterocycles. The van der Waals surface area contributed by atoms with Gasteiger partial charge in [0.15, 0.2) is 9.84 Å². The second kappa shape index (κ2) is 5.94. The highest BCUT2D eigenvalue weighted by molar-refractivity contribution is 7.91. The molecule has 0 spiro atoms. The van der Waals surface area contributed by atoms with Gasteiger partial charge in [0, 0.05) is 19.1 Å². The van der Waals surface area contributed by atoms with Crippen LogP contribution >= 0.6 is 0 Å². The fraction of sp³-hybridized carbons (Fsp3) is 0.769. The maximum atomic E-state index is 11.6. The van der Waals surface area contributed by atoms with E-state index >= 15 is 0 Å². The summed E-state index contributed by atoms with van der Waals surface area (Å²) < 4.78 is 24.8. The van der Waals surface area contributed by atoms with E-state index in [-0.39, 0.29) is 17.5 Å². The smallest absolute Gasteiger partial charge is 0.153 e. The van der Waals surface area contributed by atoms with E-state index in [0.29, 0.717) is 25.3 Å². The minimum absolute atomic E-state index is 0.0658. The molecule has 0 radical (unpaired) electrons. The van der Waals surface area contributed by atoms with Crippen LogP contribution in [0.5, 0.6) is 0 Å². The van der Waals surface area contributed by atoms with Crippen molar-refractivity contribution in [3.05, 3.63) is 11.4 Å². The van der Waals surface area contributed by atoms with Gasteiger partial charge in [0.25, 0.3) is 0 Å². The normalized spacial score (nSPS) is 24.1. The summed E-state index contributed by atoms with van der Waals surface area (Å²) in [5, 5.41) is 14.5. The Morgan fingerprint density at radius 1 is 1.43 bits per heavy atom. The summed E-state index contributed by atoms with van der Waals surface area (Å²) in [6.45, 7) is 6.86. The molecule has 21 heavy (non-hydrogen) atoms. The highest BCUT2D eigenvalue weighted by atomic mass is 32.2. The number of hydrogen-bond acceptors (Lipinski definition) is 6. The summed E-state index contributed by atoms with van der Waals surface area (Å²) in [5.74, 6) is 0.323. The molecule has 3 N–H and O–H groups in total. The number of anilines is 1. The highest BCUT2D eigenvalue weighted by Crippen LogP contribution is 2.16. The Kier molecular flexibility index (Phi) is 4.60. The van der Waals surface area contributed by atoms with Crippen LogP contribution in [-0.4, -0.2) is 64.9 Å². The minimum atomic E-state index is -2.93. The number of nitrogens with zero attached hydrogens (tertiary/aromatic N) is 3. The lowest BCUT2D eigenvalue weighted by molar-refractivity contribution is 0.0814. The van der Waals surface area contributed by atoms with Crippen molar-refractivity contribution in [3.8, 4) is 0 Å². The second-order valence-electron chi connectivity index (χ2n) is 5.88. The van der Waals surface area contributed by atoms with Gasteiger partial charge >= 0.3 is 0 Å². The lowest BCUT2D eigenvalue weighted by Gasteiger charge is -2.34. The van der Waals surface area contributed by atoms with Gasteiger partial charge in [-0.2, -0.15) is 5.10 Å². The van der Waals surface area contributed by atoms with Crippen LogP contribution in [-0.2, 0) is 16.4 Å². The quantitative estimate of drug-likeness (QED) is 0.781. The number of nitrogen functional groups attached to an aromatic ring is 1. The third-order valence-corrected chi connectivity index (χ3v) is 5.87. The van der Waals surface area contributed by atoms with E-state index in [4.69, 9.17) is 5.73 Å². The van der Waals surface area contributed by atoms with E-state index in [1.807, 2.05) is 25.7 Å². The molecule has 2 rings (SSSR count). The summed E-state index contributed by atoms with van der Waals surface area (Å²) in [4.78, 5) is 2.01. The molecule has 0 aromatic carbocycles. The molecule has 1 aliphatic heterocycles. The molecule has 2 atom stereocenters. The van der Waals surface area contributed by atoms with Crippen molar-refractivity contribution in [1.29, 1.82) is 0 Å². The number of nitrogens with two attached hydrogens (primary N) is 1.